The van der Waals surface area contributed by atoms with Crippen molar-refractivity contribution in [3.63, 3.8) is 0 Å². The molecule has 0 saturated heterocycles. The molecule has 2 heterocycles. The lowest BCUT2D eigenvalue weighted by molar-refractivity contribution is 0.102. The van der Waals surface area contributed by atoms with E-state index in [1.54, 1.807) is 36.9 Å². The van der Waals surface area contributed by atoms with Crippen LogP contribution in [0.25, 0.3) is 0 Å². The highest BCUT2D eigenvalue weighted by Gasteiger charge is 2.09. The summed E-state index contributed by atoms with van der Waals surface area (Å²) in [7, 11) is 0. The minimum absolute atomic E-state index is 0.0249. The molecule has 6 heteroatoms. The van der Waals surface area contributed by atoms with E-state index >= 15 is 0 Å². The van der Waals surface area contributed by atoms with Crippen molar-refractivity contribution in [2.45, 2.75) is 13.0 Å². The number of carbonyl (C=O) groups excluding carboxylic acids is 1. The first-order chi connectivity index (χ1) is 11.7. The Morgan fingerprint density at radius 2 is 1.92 bits per heavy atom. The molecule has 2 aromatic heterocycles. The van der Waals surface area contributed by atoms with Crippen LogP contribution in [0.1, 0.15) is 28.9 Å². The van der Waals surface area contributed by atoms with Crippen molar-refractivity contribution in [1.29, 1.82) is 0 Å². The first-order valence-corrected chi connectivity index (χ1v) is 7.56. The van der Waals surface area contributed by atoms with Gasteiger partial charge in [-0.05, 0) is 36.8 Å². The molecule has 0 bridgehead atoms. The Morgan fingerprint density at radius 3 is 2.67 bits per heavy atom. The zero-order valence-corrected chi connectivity index (χ0v) is 13.2. The van der Waals surface area contributed by atoms with Gasteiger partial charge in [0, 0.05) is 30.5 Å². The summed E-state index contributed by atoms with van der Waals surface area (Å²) in [6.07, 6.45) is 8.11. The Bertz CT molecular complexity index is 808. The molecule has 0 aliphatic rings. The molecule has 3 rings (SSSR count). The molecule has 0 aliphatic carbocycles. The fourth-order valence-electron chi connectivity index (χ4n) is 2.26. The Labute approximate surface area is 140 Å². The Morgan fingerprint density at radius 1 is 1.04 bits per heavy atom. The average molecular weight is 319 g/mol. The molecule has 1 atom stereocenters. The van der Waals surface area contributed by atoms with E-state index in [-0.39, 0.29) is 11.9 Å². The molecular weight excluding hydrogens is 302 g/mol. The largest absolute Gasteiger partial charge is 0.362 e. The Balaban J connectivity index is 1.71. The van der Waals surface area contributed by atoms with Crippen LogP contribution in [0.2, 0.25) is 0 Å². The highest BCUT2D eigenvalue weighted by molar-refractivity contribution is 6.04. The predicted octanol–water partition coefficient (Wildman–Crippen LogP) is 3.30. The van der Waals surface area contributed by atoms with Crippen LogP contribution >= 0.6 is 0 Å². The topological polar surface area (TPSA) is 79.8 Å². The normalized spacial score (nSPS) is 11.5. The maximum absolute atomic E-state index is 12.2. The second-order valence-corrected chi connectivity index (χ2v) is 5.28. The van der Waals surface area contributed by atoms with Crippen molar-refractivity contribution >= 4 is 17.4 Å². The standard InChI is InChI=1S/C18H17N5O/c1-13(22-17-12-20-8-9-21-17)14-4-2-6-16(10-14)23-18(24)15-5-3-7-19-11-15/h2-13H,1H3,(H,21,22)(H,23,24)/t13-/m0/s1. The number of anilines is 2. The van der Waals surface area contributed by atoms with E-state index in [1.165, 1.54) is 6.20 Å². The zero-order chi connectivity index (χ0) is 16.8. The van der Waals surface area contributed by atoms with Crippen LogP contribution in [0.4, 0.5) is 11.5 Å². The van der Waals surface area contributed by atoms with Crippen molar-refractivity contribution in [2.75, 3.05) is 10.6 Å². The monoisotopic (exact) mass is 319 g/mol. The van der Waals surface area contributed by atoms with E-state index in [1.807, 2.05) is 31.2 Å². The lowest BCUT2D eigenvalue weighted by Crippen LogP contribution is -2.13. The van der Waals surface area contributed by atoms with Crippen molar-refractivity contribution in [3.8, 4) is 0 Å². The lowest BCUT2D eigenvalue weighted by Gasteiger charge is -2.16. The van der Waals surface area contributed by atoms with Crippen LogP contribution in [0.15, 0.2) is 67.4 Å². The summed E-state index contributed by atoms with van der Waals surface area (Å²) in [5.74, 6) is 0.518. The highest BCUT2D eigenvalue weighted by Crippen LogP contribution is 2.21. The van der Waals surface area contributed by atoms with E-state index in [0.717, 1.165) is 11.3 Å². The molecule has 0 spiro atoms. The van der Waals surface area contributed by atoms with Gasteiger partial charge in [0.05, 0.1) is 17.8 Å². The molecule has 0 aliphatic heterocycles. The summed E-state index contributed by atoms with van der Waals surface area (Å²) in [6, 6.07) is 11.2. The van der Waals surface area contributed by atoms with Crippen LogP contribution in [-0.4, -0.2) is 20.9 Å². The van der Waals surface area contributed by atoms with Gasteiger partial charge in [-0.1, -0.05) is 12.1 Å². The quantitative estimate of drug-likeness (QED) is 0.754. The number of hydrogen-bond acceptors (Lipinski definition) is 5. The molecule has 0 radical (unpaired) electrons. The van der Waals surface area contributed by atoms with E-state index in [0.29, 0.717) is 11.4 Å². The predicted molar refractivity (Wildman–Crippen MR) is 92.7 cm³/mol. The van der Waals surface area contributed by atoms with Gasteiger partial charge in [-0.2, -0.15) is 0 Å². The SMILES string of the molecule is C[C@H](Nc1cnccn1)c1cccc(NC(=O)c2cccnc2)c1. The van der Waals surface area contributed by atoms with Crippen LogP contribution in [0.3, 0.4) is 0 Å². The Hall–Kier alpha value is -3.28. The maximum atomic E-state index is 12.2. The summed E-state index contributed by atoms with van der Waals surface area (Å²) >= 11 is 0. The Kier molecular flexibility index (Phi) is 4.76. The molecule has 0 unspecified atom stereocenters. The number of nitrogens with zero attached hydrogens (tertiary/aromatic N) is 3. The van der Waals surface area contributed by atoms with Crippen LogP contribution in [0.5, 0.6) is 0 Å². The number of hydrogen-bond donors (Lipinski definition) is 2. The van der Waals surface area contributed by atoms with Crippen LogP contribution < -0.4 is 10.6 Å². The third-order valence-corrected chi connectivity index (χ3v) is 3.50. The molecule has 1 aromatic carbocycles. The fraction of sp³-hybridized carbons (Fsp3) is 0.111. The number of nitrogens with one attached hydrogen (secondary N) is 2. The number of benzene rings is 1. The number of pyridine rings is 1. The molecule has 24 heavy (non-hydrogen) atoms. The summed E-state index contributed by atoms with van der Waals surface area (Å²) in [6.45, 7) is 2.02. The molecular formula is C18H17N5O. The van der Waals surface area contributed by atoms with Crippen LogP contribution in [-0.2, 0) is 0 Å². The molecule has 0 saturated carbocycles. The average Bonchev–Trinajstić information content (AvgIpc) is 2.63. The van der Waals surface area contributed by atoms with Crippen molar-refractivity contribution in [2.24, 2.45) is 0 Å². The third kappa shape index (κ3) is 3.92. The minimum atomic E-state index is -0.185. The second kappa shape index (κ2) is 7.32. The van der Waals surface area contributed by atoms with Crippen molar-refractivity contribution in [1.82, 2.24) is 15.0 Å². The molecule has 120 valence electrons. The van der Waals surface area contributed by atoms with Gasteiger partial charge in [-0.3, -0.25) is 14.8 Å². The summed E-state index contributed by atoms with van der Waals surface area (Å²) in [4.78, 5) is 24.4. The second-order valence-electron chi connectivity index (χ2n) is 5.28. The lowest BCUT2D eigenvalue weighted by atomic mass is 10.1. The minimum Gasteiger partial charge on any atom is -0.362 e. The highest BCUT2D eigenvalue weighted by atomic mass is 16.1. The van der Waals surface area contributed by atoms with Gasteiger partial charge in [-0.15, -0.1) is 0 Å². The molecule has 3 aromatic rings. The van der Waals surface area contributed by atoms with Gasteiger partial charge in [0.2, 0.25) is 0 Å². The molecule has 0 fully saturated rings. The van der Waals surface area contributed by atoms with Gasteiger partial charge in [0.1, 0.15) is 5.82 Å². The van der Waals surface area contributed by atoms with Gasteiger partial charge in [0.15, 0.2) is 0 Å². The number of carbonyl (C=O) groups is 1. The van der Waals surface area contributed by atoms with Crippen LogP contribution in [0, 0.1) is 0 Å². The van der Waals surface area contributed by atoms with E-state index in [2.05, 4.69) is 25.6 Å². The van der Waals surface area contributed by atoms with Crippen molar-refractivity contribution < 1.29 is 4.79 Å². The van der Waals surface area contributed by atoms with Gasteiger partial charge in [-0.25, -0.2) is 4.98 Å². The van der Waals surface area contributed by atoms with E-state index in [4.69, 9.17) is 0 Å². The number of aromatic nitrogens is 3. The molecule has 1 amide bonds. The van der Waals surface area contributed by atoms with Gasteiger partial charge in [0.25, 0.3) is 5.91 Å². The fourth-order valence-corrected chi connectivity index (χ4v) is 2.26. The van der Waals surface area contributed by atoms with Gasteiger partial charge < -0.3 is 10.6 Å². The zero-order valence-electron chi connectivity index (χ0n) is 13.2. The number of rotatable bonds is 5. The summed E-state index contributed by atoms with van der Waals surface area (Å²) < 4.78 is 0. The maximum Gasteiger partial charge on any atom is 0.257 e. The summed E-state index contributed by atoms with van der Waals surface area (Å²) in [5.41, 5.74) is 2.28. The van der Waals surface area contributed by atoms with E-state index < -0.39 is 0 Å². The number of amides is 1. The smallest absolute Gasteiger partial charge is 0.257 e. The van der Waals surface area contributed by atoms with Crippen molar-refractivity contribution in [3.05, 3.63) is 78.5 Å². The summed E-state index contributed by atoms with van der Waals surface area (Å²) in [5, 5.41) is 6.16. The molecule has 2 N–H and O–H groups in total. The third-order valence-electron chi connectivity index (χ3n) is 3.50. The van der Waals surface area contributed by atoms with Gasteiger partial charge >= 0.3 is 0 Å². The first kappa shape index (κ1) is 15.6. The molecule has 6 nitrogen and oxygen atoms in total. The first-order valence-electron chi connectivity index (χ1n) is 7.56. The van der Waals surface area contributed by atoms with E-state index in [9.17, 15) is 4.79 Å².